The van der Waals surface area contributed by atoms with Crippen molar-refractivity contribution in [2.24, 2.45) is 32.3 Å². The number of benzene rings is 4. The summed E-state index contributed by atoms with van der Waals surface area (Å²) in [4.78, 5) is -0.446. The highest BCUT2D eigenvalue weighted by Crippen LogP contribution is 2.47. The SMILES string of the molecule is Cc1cc2cc(S(=O)(=O)O)c(N=Nc3ccc(S(=O)(=O)CCCCC(C)C)cc3)c(O)c2c(N)c1N=Nc1ccc(S(=O)(=O)CCCCC(C)C)cc1. The van der Waals surface area contributed by atoms with Crippen LogP contribution in [0, 0.1) is 18.8 Å². The lowest BCUT2D eigenvalue weighted by atomic mass is 10.0. The first-order chi connectivity index (χ1) is 24.8. The van der Waals surface area contributed by atoms with Gasteiger partial charge in [-0.1, -0.05) is 53.4 Å². The van der Waals surface area contributed by atoms with Gasteiger partial charge in [-0.25, -0.2) is 16.8 Å². The monoisotopic (exact) mass is 785 g/mol. The van der Waals surface area contributed by atoms with Crippen LogP contribution in [0.4, 0.5) is 28.4 Å². The van der Waals surface area contributed by atoms with Crippen LogP contribution in [0.3, 0.4) is 0 Å². The summed E-state index contributed by atoms with van der Waals surface area (Å²) in [6.45, 7) is 9.99. The van der Waals surface area contributed by atoms with Crippen molar-refractivity contribution in [2.75, 3.05) is 17.2 Å². The molecule has 4 N–H and O–H groups in total. The van der Waals surface area contributed by atoms with Gasteiger partial charge in [-0.3, -0.25) is 4.55 Å². The van der Waals surface area contributed by atoms with E-state index in [1.165, 1.54) is 54.6 Å². The van der Waals surface area contributed by atoms with E-state index in [2.05, 4.69) is 48.2 Å². The Morgan fingerprint density at radius 2 is 1.08 bits per heavy atom. The number of azo groups is 2. The fraction of sp³-hybridized carbons (Fsp3) is 0.405. The molecule has 0 spiro atoms. The van der Waals surface area contributed by atoms with Crippen molar-refractivity contribution in [1.29, 1.82) is 0 Å². The van der Waals surface area contributed by atoms with Gasteiger partial charge in [-0.2, -0.15) is 18.6 Å². The minimum atomic E-state index is -4.92. The zero-order chi connectivity index (χ0) is 39.1. The average molecular weight is 786 g/mol. The highest BCUT2D eigenvalue weighted by molar-refractivity contribution is 7.91. The molecule has 16 heteroatoms. The molecule has 0 heterocycles. The maximum atomic E-state index is 12.8. The van der Waals surface area contributed by atoms with Gasteiger partial charge in [0.05, 0.1) is 43.7 Å². The molecule has 0 aliphatic rings. The summed E-state index contributed by atoms with van der Waals surface area (Å²) in [7, 11) is -11.9. The van der Waals surface area contributed by atoms with Gasteiger partial charge in [0.15, 0.2) is 25.4 Å². The van der Waals surface area contributed by atoms with Crippen molar-refractivity contribution in [3.05, 3.63) is 66.2 Å². The first kappa shape index (κ1) is 41.5. The Hall–Kier alpha value is -4.25. The molecule has 0 amide bonds. The summed E-state index contributed by atoms with van der Waals surface area (Å²) in [5.74, 6) is 0.343. The second kappa shape index (κ2) is 17.3. The zero-order valence-corrected chi connectivity index (χ0v) is 33.0. The molecular formula is C37H47N5O8S3. The molecule has 0 atom stereocenters. The third kappa shape index (κ3) is 10.9. The molecular weight excluding hydrogens is 739 g/mol. The fourth-order valence-corrected chi connectivity index (χ4v) is 9.09. The van der Waals surface area contributed by atoms with Gasteiger partial charge in [-0.15, -0.1) is 10.2 Å². The Morgan fingerprint density at radius 1 is 0.642 bits per heavy atom. The Bertz CT molecular complexity index is 2320. The van der Waals surface area contributed by atoms with Crippen LogP contribution in [0.15, 0.2) is 95.8 Å². The maximum absolute atomic E-state index is 12.8. The van der Waals surface area contributed by atoms with E-state index in [1.807, 2.05) is 0 Å². The fourth-order valence-electron chi connectivity index (χ4n) is 5.69. The molecule has 4 aromatic rings. The van der Waals surface area contributed by atoms with Crippen LogP contribution in [-0.2, 0) is 29.8 Å². The van der Waals surface area contributed by atoms with Gasteiger partial charge >= 0.3 is 0 Å². The molecule has 4 aromatic carbocycles. The zero-order valence-electron chi connectivity index (χ0n) is 30.5. The molecule has 4 rings (SSSR count). The summed E-state index contributed by atoms with van der Waals surface area (Å²) >= 11 is 0. The molecule has 0 fully saturated rings. The van der Waals surface area contributed by atoms with Crippen molar-refractivity contribution >= 4 is 69.0 Å². The largest absolute Gasteiger partial charge is 0.505 e. The minimum absolute atomic E-state index is 0.00109. The third-order valence-corrected chi connectivity index (χ3v) is 13.1. The molecule has 53 heavy (non-hydrogen) atoms. The Kier molecular flexibility index (Phi) is 13.5. The van der Waals surface area contributed by atoms with Gasteiger partial charge in [0.2, 0.25) is 0 Å². The molecule has 0 bridgehead atoms. The van der Waals surface area contributed by atoms with Gasteiger partial charge in [0, 0.05) is 0 Å². The van der Waals surface area contributed by atoms with Crippen molar-refractivity contribution in [2.45, 2.75) is 87.8 Å². The van der Waals surface area contributed by atoms with E-state index in [0.717, 1.165) is 31.7 Å². The molecule has 0 unspecified atom stereocenters. The predicted octanol–water partition coefficient (Wildman–Crippen LogP) is 9.71. The Morgan fingerprint density at radius 3 is 1.49 bits per heavy atom. The molecule has 0 radical (unpaired) electrons. The van der Waals surface area contributed by atoms with E-state index >= 15 is 0 Å². The molecule has 0 saturated carbocycles. The quantitative estimate of drug-likeness (QED) is 0.0401. The Labute approximate surface area is 312 Å². The lowest BCUT2D eigenvalue weighted by Gasteiger charge is -2.13. The summed E-state index contributed by atoms with van der Waals surface area (Å²) < 4.78 is 86.0. The topological polar surface area (TPSA) is 218 Å². The van der Waals surface area contributed by atoms with Crippen LogP contribution >= 0.6 is 0 Å². The van der Waals surface area contributed by atoms with E-state index in [1.54, 1.807) is 6.92 Å². The number of fused-ring (bicyclic) bond motifs is 1. The number of sulfone groups is 2. The smallest absolute Gasteiger partial charge is 0.296 e. The van der Waals surface area contributed by atoms with Gasteiger partial charge in [0.1, 0.15) is 16.3 Å². The van der Waals surface area contributed by atoms with E-state index in [9.17, 15) is 34.9 Å². The minimum Gasteiger partial charge on any atom is -0.505 e. The van der Waals surface area contributed by atoms with Crippen molar-refractivity contribution in [3.63, 3.8) is 0 Å². The second-order valence-electron chi connectivity index (χ2n) is 13.9. The normalized spacial score (nSPS) is 13.0. The van der Waals surface area contributed by atoms with Crippen molar-refractivity contribution in [3.8, 4) is 5.75 Å². The van der Waals surface area contributed by atoms with E-state index < -0.39 is 46.1 Å². The van der Waals surface area contributed by atoms with Crippen LogP contribution in [0.25, 0.3) is 10.8 Å². The second-order valence-corrected chi connectivity index (χ2v) is 19.5. The number of nitrogens with zero attached hydrogens (tertiary/aromatic N) is 4. The molecule has 0 aromatic heterocycles. The summed E-state index contributed by atoms with van der Waals surface area (Å²) in [5, 5.41) is 27.9. The maximum Gasteiger partial charge on any atom is 0.296 e. The highest BCUT2D eigenvalue weighted by atomic mass is 32.2. The van der Waals surface area contributed by atoms with Crippen LogP contribution < -0.4 is 5.73 Å². The van der Waals surface area contributed by atoms with E-state index in [-0.39, 0.29) is 49.1 Å². The number of hydrogen-bond acceptors (Lipinski definition) is 12. The number of phenols is 1. The molecule has 0 aliphatic carbocycles. The Balaban J connectivity index is 1.63. The number of nitrogen functional groups attached to an aromatic ring is 1. The lowest BCUT2D eigenvalue weighted by Crippen LogP contribution is -2.07. The summed E-state index contributed by atoms with van der Waals surface area (Å²) in [6.07, 6.45) is 4.62. The van der Waals surface area contributed by atoms with Gasteiger partial charge in [0.25, 0.3) is 10.1 Å². The number of hydrogen-bond donors (Lipinski definition) is 3. The average Bonchev–Trinajstić information content (AvgIpc) is 3.07. The van der Waals surface area contributed by atoms with E-state index in [0.29, 0.717) is 35.9 Å². The van der Waals surface area contributed by atoms with Crippen LogP contribution in [0.1, 0.15) is 71.8 Å². The van der Waals surface area contributed by atoms with Crippen LogP contribution in [0.2, 0.25) is 0 Å². The van der Waals surface area contributed by atoms with Crippen LogP contribution in [-0.4, -0.2) is 46.4 Å². The lowest BCUT2D eigenvalue weighted by molar-refractivity contribution is 0.472. The standard InChI is InChI=1S/C37H47N5O8S3/c1-24(2)10-6-8-20-51(44,45)30-16-12-28(13-17-30)39-41-35-26(5)22-27-23-32(53(48,49)50)36(37(43)33(27)34(35)38)42-40-29-14-18-31(19-15-29)52(46,47)21-9-7-11-25(3)4/h12-19,22-25,43H,6-11,20-21,38H2,1-5H3,(H,48,49,50). The highest BCUT2D eigenvalue weighted by Gasteiger charge is 2.25. The molecule has 13 nitrogen and oxygen atoms in total. The van der Waals surface area contributed by atoms with Crippen molar-refractivity contribution in [1.82, 2.24) is 0 Å². The third-order valence-electron chi connectivity index (χ3n) is 8.63. The number of unbranched alkanes of at least 4 members (excludes halogenated alkanes) is 2. The van der Waals surface area contributed by atoms with Crippen molar-refractivity contribution < 1.29 is 34.9 Å². The number of rotatable bonds is 17. The number of nitrogens with two attached hydrogens (primary N) is 1. The first-order valence-corrected chi connectivity index (χ1v) is 22.1. The molecule has 0 aliphatic heterocycles. The van der Waals surface area contributed by atoms with Crippen LogP contribution in [0.5, 0.6) is 5.75 Å². The number of aryl methyl sites for hydroxylation is 1. The number of aromatic hydroxyl groups is 1. The van der Waals surface area contributed by atoms with Gasteiger partial charge < -0.3 is 10.8 Å². The van der Waals surface area contributed by atoms with Gasteiger partial charge in [-0.05, 0) is 103 Å². The summed E-state index contributed by atoms with van der Waals surface area (Å²) in [6, 6.07) is 14.1. The van der Waals surface area contributed by atoms with E-state index in [4.69, 9.17) is 5.73 Å². The molecule has 286 valence electrons. The first-order valence-electron chi connectivity index (χ1n) is 17.4. The number of phenolic OH excluding ortho intramolecular Hbond substituents is 1. The summed E-state index contributed by atoms with van der Waals surface area (Å²) in [5.41, 5.74) is 6.90. The molecule has 0 saturated heterocycles. The predicted molar refractivity (Wildman–Crippen MR) is 207 cm³/mol. The number of anilines is 1.